The van der Waals surface area contributed by atoms with Crippen LogP contribution in [0.4, 0.5) is 5.69 Å². The van der Waals surface area contributed by atoms with Crippen LogP contribution in [-0.4, -0.2) is 57.2 Å². The van der Waals surface area contributed by atoms with Crippen molar-refractivity contribution in [2.45, 2.75) is 32.1 Å². The van der Waals surface area contributed by atoms with E-state index in [0.717, 1.165) is 36.4 Å². The van der Waals surface area contributed by atoms with Gasteiger partial charge in [0, 0.05) is 18.8 Å². The van der Waals surface area contributed by atoms with Crippen LogP contribution in [0.25, 0.3) is 0 Å². The van der Waals surface area contributed by atoms with Crippen LogP contribution < -0.4 is 9.64 Å². The molecule has 1 atom stereocenters. The van der Waals surface area contributed by atoms with E-state index in [0.29, 0.717) is 18.7 Å². The molecule has 1 fully saturated rings. The number of nitrogens with zero attached hydrogens (tertiary/aromatic N) is 2. The Kier molecular flexibility index (Phi) is 6.80. The van der Waals surface area contributed by atoms with Gasteiger partial charge in [-0.1, -0.05) is 36.8 Å². The molecule has 0 aromatic heterocycles. The maximum atomic E-state index is 14.0. The summed E-state index contributed by atoms with van der Waals surface area (Å²) >= 11 is 0. The number of esters is 1. The molecular formula is C26H32N2O4. The highest BCUT2D eigenvalue weighted by molar-refractivity contribution is 6.12. The zero-order chi connectivity index (χ0) is 22.6. The van der Waals surface area contributed by atoms with Crippen molar-refractivity contribution in [3.8, 4) is 5.75 Å². The number of anilines is 1. The molecule has 0 aliphatic carbocycles. The normalized spacial score (nSPS) is 21.2. The highest BCUT2D eigenvalue weighted by Crippen LogP contribution is 2.41. The van der Waals surface area contributed by atoms with Crippen molar-refractivity contribution >= 4 is 17.6 Å². The Bertz CT molecular complexity index is 970. The molecule has 170 valence electrons. The highest BCUT2D eigenvalue weighted by atomic mass is 16.5. The number of methoxy groups -OCH3 is 2. The molecule has 2 aromatic carbocycles. The zero-order valence-electron chi connectivity index (χ0n) is 19.0. The first kappa shape index (κ1) is 22.3. The van der Waals surface area contributed by atoms with Crippen LogP contribution in [0.5, 0.6) is 5.75 Å². The molecule has 0 saturated carbocycles. The van der Waals surface area contributed by atoms with Crippen LogP contribution in [-0.2, 0) is 27.2 Å². The predicted octanol–water partition coefficient (Wildman–Crippen LogP) is 3.47. The van der Waals surface area contributed by atoms with Crippen LogP contribution in [0.15, 0.2) is 48.5 Å². The van der Waals surface area contributed by atoms with Crippen LogP contribution >= 0.6 is 0 Å². The monoisotopic (exact) mass is 436 g/mol. The lowest BCUT2D eigenvalue weighted by molar-refractivity contribution is -0.158. The summed E-state index contributed by atoms with van der Waals surface area (Å²) in [5, 5.41) is 0. The molecule has 6 nitrogen and oxygen atoms in total. The van der Waals surface area contributed by atoms with Gasteiger partial charge in [-0.15, -0.1) is 0 Å². The third-order valence-corrected chi connectivity index (χ3v) is 6.73. The van der Waals surface area contributed by atoms with Gasteiger partial charge in [0.1, 0.15) is 5.75 Å². The van der Waals surface area contributed by atoms with Gasteiger partial charge in [0.05, 0.1) is 14.2 Å². The molecule has 4 rings (SSSR count). The Balaban J connectivity index is 1.69. The summed E-state index contributed by atoms with van der Waals surface area (Å²) in [6.07, 6.45) is 4.27. The Morgan fingerprint density at radius 3 is 2.53 bits per heavy atom. The molecule has 0 N–H and O–H groups in total. The van der Waals surface area contributed by atoms with Crippen molar-refractivity contribution in [3.63, 3.8) is 0 Å². The van der Waals surface area contributed by atoms with Gasteiger partial charge in [-0.3, -0.25) is 9.59 Å². The summed E-state index contributed by atoms with van der Waals surface area (Å²) in [4.78, 5) is 31.4. The summed E-state index contributed by atoms with van der Waals surface area (Å²) in [5.41, 5.74) is 1.48. The van der Waals surface area contributed by atoms with Crippen LogP contribution in [0, 0.1) is 5.41 Å². The number of carbonyl (C=O) groups is 2. The van der Waals surface area contributed by atoms with Gasteiger partial charge in [0.25, 0.3) is 0 Å². The van der Waals surface area contributed by atoms with Gasteiger partial charge in [0.2, 0.25) is 5.91 Å². The summed E-state index contributed by atoms with van der Waals surface area (Å²) in [7, 11) is 2.97. The van der Waals surface area contributed by atoms with Crippen LogP contribution in [0.3, 0.4) is 0 Å². The molecule has 2 aliphatic rings. The first-order chi connectivity index (χ1) is 15.6. The summed E-state index contributed by atoms with van der Waals surface area (Å²) in [5.74, 6) is 0.0406. The van der Waals surface area contributed by atoms with Crippen molar-refractivity contribution in [3.05, 3.63) is 59.7 Å². The Morgan fingerprint density at radius 1 is 1.00 bits per heavy atom. The Labute approximate surface area is 190 Å². The smallest absolute Gasteiger partial charge is 0.322 e. The Hall–Kier alpha value is -2.86. The number of amides is 1. The van der Waals surface area contributed by atoms with E-state index in [2.05, 4.69) is 4.90 Å². The van der Waals surface area contributed by atoms with Crippen molar-refractivity contribution in [1.29, 1.82) is 0 Å². The number of carbonyl (C=O) groups excluding carboxylic acids is 2. The molecule has 1 saturated heterocycles. The molecule has 1 unspecified atom stereocenters. The molecule has 2 aliphatic heterocycles. The van der Waals surface area contributed by atoms with Gasteiger partial charge in [-0.2, -0.15) is 0 Å². The number of piperidine rings is 1. The van der Waals surface area contributed by atoms with Crippen molar-refractivity contribution < 1.29 is 19.1 Å². The van der Waals surface area contributed by atoms with E-state index in [1.54, 1.807) is 7.11 Å². The van der Waals surface area contributed by atoms with Crippen LogP contribution in [0.2, 0.25) is 0 Å². The standard InChI is InChI=1S/C26H32N2O4/c1-31-22-11-8-9-20(17-22)18-26(25(30)32-2)19-21-10-4-5-12-23(21)28(24(26)29)16-15-27-13-6-3-7-14-27/h4-5,8-12,17H,3,6-7,13-16,18-19H2,1-2H3. The minimum Gasteiger partial charge on any atom is -0.497 e. The second kappa shape index (κ2) is 9.74. The molecule has 0 spiro atoms. The summed E-state index contributed by atoms with van der Waals surface area (Å²) < 4.78 is 10.6. The third-order valence-electron chi connectivity index (χ3n) is 6.73. The van der Waals surface area contributed by atoms with Gasteiger partial charge in [-0.25, -0.2) is 0 Å². The number of para-hydroxylation sites is 1. The van der Waals surface area contributed by atoms with Gasteiger partial charge < -0.3 is 19.3 Å². The summed E-state index contributed by atoms with van der Waals surface area (Å²) in [6, 6.07) is 15.5. The SMILES string of the molecule is COC(=O)C1(Cc2cccc(OC)c2)Cc2ccccc2N(CCN2CCCCC2)C1=O. The maximum absolute atomic E-state index is 14.0. The second-order valence-electron chi connectivity index (χ2n) is 8.77. The molecule has 0 bridgehead atoms. The van der Waals surface area contributed by atoms with Crippen molar-refractivity contribution in [2.24, 2.45) is 5.41 Å². The van der Waals surface area contributed by atoms with E-state index in [1.165, 1.54) is 26.4 Å². The number of ether oxygens (including phenoxy) is 2. The molecule has 2 heterocycles. The molecule has 32 heavy (non-hydrogen) atoms. The van der Waals surface area contributed by atoms with Crippen LogP contribution in [0.1, 0.15) is 30.4 Å². The lowest BCUT2D eigenvalue weighted by Crippen LogP contribution is -2.56. The lowest BCUT2D eigenvalue weighted by Gasteiger charge is -2.41. The highest BCUT2D eigenvalue weighted by Gasteiger charge is 2.52. The number of benzene rings is 2. The predicted molar refractivity (Wildman–Crippen MR) is 124 cm³/mol. The fourth-order valence-electron chi connectivity index (χ4n) is 5.03. The average Bonchev–Trinajstić information content (AvgIpc) is 2.84. The third kappa shape index (κ3) is 4.37. The molecular weight excluding hydrogens is 404 g/mol. The van der Waals surface area contributed by atoms with E-state index >= 15 is 0 Å². The molecule has 2 aromatic rings. The maximum Gasteiger partial charge on any atom is 0.322 e. The fraction of sp³-hybridized carbons (Fsp3) is 0.462. The van der Waals surface area contributed by atoms with Gasteiger partial charge in [0.15, 0.2) is 5.41 Å². The fourth-order valence-corrected chi connectivity index (χ4v) is 5.03. The van der Waals surface area contributed by atoms with E-state index in [-0.39, 0.29) is 12.3 Å². The van der Waals surface area contributed by atoms with Crippen molar-refractivity contribution in [1.82, 2.24) is 4.90 Å². The average molecular weight is 437 g/mol. The van der Waals surface area contributed by atoms with E-state index in [1.807, 2.05) is 53.4 Å². The molecule has 0 radical (unpaired) electrons. The zero-order valence-corrected chi connectivity index (χ0v) is 19.0. The number of rotatable bonds is 7. The largest absolute Gasteiger partial charge is 0.497 e. The van der Waals surface area contributed by atoms with E-state index < -0.39 is 11.4 Å². The number of fused-ring (bicyclic) bond motifs is 1. The number of likely N-dealkylation sites (tertiary alicyclic amines) is 1. The van der Waals surface area contributed by atoms with Gasteiger partial charge >= 0.3 is 5.97 Å². The van der Waals surface area contributed by atoms with Crippen molar-refractivity contribution in [2.75, 3.05) is 45.3 Å². The molecule has 1 amide bonds. The van der Waals surface area contributed by atoms with Gasteiger partial charge in [-0.05, 0) is 68.1 Å². The lowest BCUT2D eigenvalue weighted by atomic mass is 9.72. The number of hydrogen-bond acceptors (Lipinski definition) is 5. The second-order valence-corrected chi connectivity index (χ2v) is 8.77. The topological polar surface area (TPSA) is 59.1 Å². The first-order valence-corrected chi connectivity index (χ1v) is 11.4. The molecule has 6 heteroatoms. The van der Waals surface area contributed by atoms with E-state index in [9.17, 15) is 9.59 Å². The summed E-state index contributed by atoms with van der Waals surface area (Å²) in [6.45, 7) is 3.49. The minimum atomic E-state index is -1.29. The first-order valence-electron chi connectivity index (χ1n) is 11.4. The quantitative estimate of drug-likeness (QED) is 0.491. The minimum absolute atomic E-state index is 0.178. The van der Waals surface area contributed by atoms with E-state index in [4.69, 9.17) is 9.47 Å². The number of hydrogen-bond donors (Lipinski definition) is 0. The Morgan fingerprint density at radius 2 is 1.78 bits per heavy atom.